The molecule has 1 aliphatic heterocycles. The quantitative estimate of drug-likeness (QED) is 0.558. The summed E-state index contributed by atoms with van der Waals surface area (Å²) in [6.07, 6.45) is 0.907. The van der Waals surface area contributed by atoms with Gasteiger partial charge >= 0.3 is 5.97 Å². The molecule has 1 fully saturated rings. The van der Waals surface area contributed by atoms with Crippen LogP contribution in [0, 0.1) is 5.92 Å². The van der Waals surface area contributed by atoms with Crippen molar-refractivity contribution in [2.24, 2.45) is 5.92 Å². The van der Waals surface area contributed by atoms with E-state index in [1.807, 2.05) is 6.92 Å². The Bertz CT molecular complexity index is 184. The molecule has 0 aromatic rings. The van der Waals surface area contributed by atoms with E-state index in [-0.39, 0.29) is 23.8 Å². The van der Waals surface area contributed by atoms with E-state index < -0.39 is 0 Å². The zero-order valence-electron chi connectivity index (χ0n) is 6.79. The molecule has 2 atom stereocenters. The molecule has 1 rings (SSSR count). The number of hydrogen-bond donors (Lipinski definition) is 0. The highest BCUT2D eigenvalue weighted by molar-refractivity contribution is 5.78. The van der Waals surface area contributed by atoms with E-state index >= 15 is 0 Å². The van der Waals surface area contributed by atoms with Gasteiger partial charge in [-0.3, -0.25) is 9.59 Å². The van der Waals surface area contributed by atoms with E-state index in [2.05, 4.69) is 0 Å². The predicted octanol–water partition coefficient (Wildman–Crippen LogP) is 0.917. The first kappa shape index (κ1) is 8.24. The summed E-state index contributed by atoms with van der Waals surface area (Å²) < 4.78 is 4.92. The molecule has 0 aromatic carbocycles. The van der Waals surface area contributed by atoms with Gasteiger partial charge in [0.15, 0.2) is 0 Å². The zero-order chi connectivity index (χ0) is 8.43. The van der Waals surface area contributed by atoms with Gasteiger partial charge in [-0.15, -0.1) is 0 Å². The van der Waals surface area contributed by atoms with Crippen LogP contribution in [0.2, 0.25) is 0 Å². The second kappa shape index (κ2) is 3.03. The summed E-state index contributed by atoms with van der Waals surface area (Å²) in [5, 5.41) is 0. The van der Waals surface area contributed by atoms with E-state index in [0.717, 1.165) is 0 Å². The number of ketones is 1. The van der Waals surface area contributed by atoms with Crippen molar-refractivity contribution in [2.45, 2.75) is 32.8 Å². The molecule has 11 heavy (non-hydrogen) atoms. The van der Waals surface area contributed by atoms with E-state index in [9.17, 15) is 9.59 Å². The smallest absolute Gasteiger partial charge is 0.309 e. The number of cyclic esters (lactones) is 1. The fourth-order valence-corrected chi connectivity index (χ4v) is 1.26. The number of Topliss-reactive ketones (excluding diaryl/α,β-unsaturated/α-hetero) is 1. The molecule has 3 nitrogen and oxygen atoms in total. The maximum absolute atomic E-state index is 10.8. The molecule has 1 aliphatic rings. The van der Waals surface area contributed by atoms with E-state index in [1.165, 1.54) is 6.92 Å². The summed E-state index contributed by atoms with van der Waals surface area (Å²) >= 11 is 0. The van der Waals surface area contributed by atoms with Gasteiger partial charge in [-0.2, -0.15) is 0 Å². The lowest BCUT2D eigenvalue weighted by molar-refractivity contribution is -0.144. The van der Waals surface area contributed by atoms with Gasteiger partial charge in [0, 0.05) is 6.42 Å². The summed E-state index contributed by atoms with van der Waals surface area (Å²) in [7, 11) is 0. The zero-order valence-corrected chi connectivity index (χ0v) is 6.79. The number of hydrogen-bond acceptors (Lipinski definition) is 3. The van der Waals surface area contributed by atoms with Crippen molar-refractivity contribution in [2.75, 3.05) is 0 Å². The summed E-state index contributed by atoms with van der Waals surface area (Å²) in [4.78, 5) is 21.5. The third-order valence-electron chi connectivity index (χ3n) is 1.82. The standard InChI is InChI=1S/C8H12O3/c1-5-3-7(4-6(2)9)11-8(5)10/h5,7H,3-4H2,1-2H3/t5-,7-/m0/s1. The molecule has 0 spiro atoms. The fraction of sp³-hybridized carbons (Fsp3) is 0.750. The maximum atomic E-state index is 10.8. The van der Waals surface area contributed by atoms with Crippen LogP contribution < -0.4 is 0 Å². The molecule has 0 aliphatic carbocycles. The van der Waals surface area contributed by atoms with Crippen LogP contribution in [0.4, 0.5) is 0 Å². The molecule has 0 saturated carbocycles. The van der Waals surface area contributed by atoms with Gasteiger partial charge in [-0.25, -0.2) is 0 Å². The fourth-order valence-electron chi connectivity index (χ4n) is 1.26. The maximum Gasteiger partial charge on any atom is 0.309 e. The lowest BCUT2D eigenvalue weighted by Gasteiger charge is -2.04. The van der Waals surface area contributed by atoms with Crippen LogP contribution in [0.5, 0.6) is 0 Å². The Hall–Kier alpha value is -0.860. The second-order valence-electron chi connectivity index (χ2n) is 3.10. The average molecular weight is 156 g/mol. The van der Waals surface area contributed by atoms with Crippen molar-refractivity contribution in [3.63, 3.8) is 0 Å². The Morgan fingerprint density at radius 3 is 2.73 bits per heavy atom. The van der Waals surface area contributed by atoms with Gasteiger partial charge in [0.1, 0.15) is 11.9 Å². The molecular formula is C8H12O3. The van der Waals surface area contributed by atoms with E-state index in [1.54, 1.807) is 0 Å². The van der Waals surface area contributed by atoms with Crippen LogP contribution in [0.15, 0.2) is 0 Å². The normalized spacial score (nSPS) is 30.2. The van der Waals surface area contributed by atoms with Gasteiger partial charge in [-0.1, -0.05) is 6.92 Å². The second-order valence-corrected chi connectivity index (χ2v) is 3.10. The predicted molar refractivity (Wildman–Crippen MR) is 39.0 cm³/mol. The van der Waals surface area contributed by atoms with Crippen LogP contribution in [0.25, 0.3) is 0 Å². The molecule has 0 N–H and O–H groups in total. The van der Waals surface area contributed by atoms with Gasteiger partial charge in [0.25, 0.3) is 0 Å². The van der Waals surface area contributed by atoms with Gasteiger partial charge in [0.2, 0.25) is 0 Å². The largest absolute Gasteiger partial charge is 0.462 e. The van der Waals surface area contributed by atoms with Crippen LogP contribution in [0.3, 0.4) is 0 Å². The minimum absolute atomic E-state index is 0.0284. The summed E-state index contributed by atoms with van der Waals surface area (Å²) in [6.45, 7) is 3.33. The molecule has 62 valence electrons. The Morgan fingerprint density at radius 1 is 1.73 bits per heavy atom. The Labute approximate surface area is 65.7 Å². The highest BCUT2D eigenvalue weighted by Gasteiger charge is 2.31. The minimum atomic E-state index is -0.170. The highest BCUT2D eigenvalue weighted by Crippen LogP contribution is 2.22. The van der Waals surface area contributed by atoms with E-state index in [0.29, 0.717) is 12.8 Å². The Morgan fingerprint density at radius 2 is 2.36 bits per heavy atom. The van der Waals surface area contributed by atoms with Crippen LogP contribution in [0.1, 0.15) is 26.7 Å². The van der Waals surface area contributed by atoms with Crippen LogP contribution in [-0.2, 0) is 14.3 Å². The topological polar surface area (TPSA) is 43.4 Å². The van der Waals surface area contributed by atoms with Gasteiger partial charge in [0.05, 0.1) is 5.92 Å². The first-order chi connectivity index (χ1) is 5.09. The van der Waals surface area contributed by atoms with Crippen molar-refractivity contribution in [1.82, 2.24) is 0 Å². The lowest BCUT2D eigenvalue weighted by Crippen LogP contribution is -2.10. The number of rotatable bonds is 2. The molecular weight excluding hydrogens is 144 g/mol. The minimum Gasteiger partial charge on any atom is -0.462 e. The van der Waals surface area contributed by atoms with Crippen molar-refractivity contribution >= 4 is 11.8 Å². The van der Waals surface area contributed by atoms with Gasteiger partial charge in [-0.05, 0) is 13.3 Å². The lowest BCUT2D eigenvalue weighted by atomic mass is 10.0. The molecule has 3 heteroatoms. The van der Waals surface area contributed by atoms with Crippen LogP contribution in [-0.4, -0.2) is 17.9 Å². The molecule has 1 heterocycles. The molecule has 0 bridgehead atoms. The number of ether oxygens (including phenoxy) is 1. The average Bonchev–Trinajstić information content (AvgIpc) is 2.10. The van der Waals surface area contributed by atoms with Crippen molar-refractivity contribution in [3.05, 3.63) is 0 Å². The molecule has 0 aromatic heterocycles. The summed E-state index contributed by atoms with van der Waals surface area (Å²) in [5.74, 6) is -0.118. The third-order valence-corrected chi connectivity index (χ3v) is 1.82. The van der Waals surface area contributed by atoms with Crippen LogP contribution >= 0.6 is 0 Å². The number of carbonyl (C=O) groups excluding carboxylic acids is 2. The Balaban J connectivity index is 2.41. The molecule has 0 unspecified atom stereocenters. The first-order valence-corrected chi connectivity index (χ1v) is 3.79. The molecule has 0 radical (unpaired) electrons. The summed E-state index contributed by atoms with van der Waals surface area (Å²) in [6, 6.07) is 0. The molecule has 0 amide bonds. The van der Waals surface area contributed by atoms with Gasteiger partial charge < -0.3 is 4.74 Å². The van der Waals surface area contributed by atoms with Crippen molar-refractivity contribution in [1.29, 1.82) is 0 Å². The number of carbonyl (C=O) groups is 2. The monoisotopic (exact) mass is 156 g/mol. The Kier molecular flexibility index (Phi) is 2.27. The SMILES string of the molecule is CC(=O)C[C@@H]1C[C@H](C)C(=O)O1. The van der Waals surface area contributed by atoms with Crippen molar-refractivity contribution < 1.29 is 14.3 Å². The summed E-state index contributed by atoms with van der Waals surface area (Å²) in [5.41, 5.74) is 0. The number of esters is 1. The molecule has 1 saturated heterocycles. The van der Waals surface area contributed by atoms with E-state index in [4.69, 9.17) is 4.74 Å². The third kappa shape index (κ3) is 2.03. The van der Waals surface area contributed by atoms with Crippen molar-refractivity contribution in [3.8, 4) is 0 Å². The first-order valence-electron chi connectivity index (χ1n) is 3.79. The highest BCUT2D eigenvalue weighted by atomic mass is 16.5.